The summed E-state index contributed by atoms with van der Waals surface area (Å²) in [7, 11) is 0. The first-order valence-electron chi connectivity index (χ1n) is 8.79. The lowest BCUT2D eigenvalue weighted by Crippen LogP contribution is -1.97. The van der Waals surface area contributed by atoms with Crippen LogP contribution in [0.15, 0.2) is 60.9 Å². The molecule has 0 N–H and O–H groups in total. The zero-order valence-corrected chi connectivity index (χ0v) is 14.8. The van der Waals surface area contributed by atoms with E-state index in [4.69, 9.17) is 14.7 Å². The van der Waals surface area contributed by atoms with Crippen LogP contribution in [0.2, 0.25) is 0 Å². The molecule has 0 amide bonds. The third kappa shape index (κ3) is 6.73. The number of benzene rings is 2. The van der Waals surface area contributed by atoms with Gasteiger partial charge in [0.25, 0.3) is 0 Å². The van der Waals surface area contributed by atoms with Gasteiger partial charge in [-0.05, 0) is 68.0 Å². The molecule has 2 aromatic rings. The van der Waals surface area contributed by atoms with E-state index in [1.807, 2.05) is 49.4 Å². The standard InChI is InChI=1S/C22H25NO2/c1-2-15-24-16-5-3-4-6-17-25-22-13-11-21(12-14-22)20-9-7-19(18-23)8-10-20/h2,7-15H,3-6,16-17H2,1H3. The molecule has 0 bridgehead atoms. The molecule has 130 valence electrons. The third-order valence-electron chi connectivity index (χ3n) is 3.86. The van der Waals surface area contributed by atoms with Crippen LogP contribution in [0.3, 0.4) is 0 Å². The highest BCUT2D eigenvalue weighted by atomic mass is 16.5. The fourth-order valence-corrected chi connectivity index (χ4v) is 2.48. The molecule has 0 spiro atoms. The van der Waals surface area contributed by atoms with E-state index in [2.05, 4.69) is 18.2 Å². The highest BCUT2D eigenvalue weighted by Gasteiger charge is 2.00. The number of hydrogen-bond acceptors (Lipinski definition) is 3. The van der Waals surface area contributed by atoms with Gasteiger partial charge in [-0.3, -0.25) is 0 Å². The minimum Gasteiger partial charge on any atom is -0.502 e. The molecule has 2 rings (SSSR count). The van der Waals surface area contributed by atoms with Gasteiger partial charge in [0, 0.05) is 0 Å². The van der Waals surface area contributed by atoms with E-state index in [1.165, 1.54) is 6.42 Å². The zero-order valence-electron chi connectivity index (χ0n) is 14.8. The first-order chi connectivity index (χ1) is 12.3. The monoisotopic (exact) mass is 335 g/mol. The summed E-state index contributed by atoms with van der Waals surface area (Å²) in [4.78, 5) is 0. The Balaban J connectivity index is 1.67. The van der Waals surface area contributed by atoms with Crippen molar-refractivity contribution in [3.63, 3.8) is 0 Å². The quantitative estimate of drug-likeness (QED) is 0.412. The molecule has 3 heteroatoms. The number of nitriles is 1. The lowest BCUT2D eigenvalue weighted by atomic mass is 10.0. The van der Waals surface area contributed by atoms with Gasteiger partial charge in [0.2, 0.25) is 0 Å². The number of ether oxygens (including phenoxy) is 2. The molecule has 0 aliphatic carbocycles. The van der Waals surface area contributed by atoms with E-state index in [0.717, 1.165) is 49.4 Å². The van der Waals surface area contributed by atoms with Crippen molar-refractivity contribution >= 4 is 0 Å². The Bertz CT molecular complexity index is 681. The van der Waals surface area contributed by atoms with Crippen LogP contribution in [-0.2, 0) is 4.74 Å². The molecule has 0 saturated heterocycles. The van der Waals surface area contributed by atoms with Crippen LogP contribution in [0.5, 0.6) is 5.75 Å². The fraction of sp³-hybridized carbons (Fsp3) is 0.318. The molecule has 2 aromatic carbocycles. The Morgan fingerprint density at radius 3 is 2.04 bits per heavy atom. The summed E-state index contributed by atoms with van der Waals surface area (Å²) >= 11 is 0. The van der Waals surface area contributed by atoms with E-state index in [9.17, 15) is 0 Å². The molecule has 0 unspecified atom stereocenters. The molecular weight excluding hydrogens is 310 g/mol. The maximum absolute atomic E-state index is 8.84. The molecule has 0 aromatic heterocycles. The van der Waals surface area contributed by atoms with Crippen molar-refractivity contribution in [1.29, 1.82) is 5.26 Å². The predicted molar refractivity (Wildman–Crippen MR) is 101 cm³/mol. The minimum absolute atomic E-state index is 0.678. The highest BCUT2D eigenvalue weighted by molar-refractivity contribution is 5.64. The number of rotatable bonds is 10. The topological polar surface area (TPSA) is 42.2 Å². The Morgan fingerprint density at radius 2 is 1.44 bits per heavy atom. The molecule has 3 nitrogen and oxygen atoms in total. The average molecular weight is 335 g/mol. The molecule has 0 atom stereocenters. The molecule has 25 heavy (non-hydrogen) atoms. The van der Waals surface area contributed by atoms with Gasteiger partial charge in [0.15, 0.2) is 0 Å². The van der Waals surface area contributed by atoms with Gasteiger partial charge in [-0.2, -0.15) is 5.26 Å². The van der Waals surface area contributed by atoms with Crippen molar-refractivity contribution in [3.8, 4) is 22.9 Å². The molecule has 0 fully saturated rings. The van der Waals surface area contributed by atoms with Crippen molar-refractivity contribution in [2.75, 3.05) is 13.2 Å². The summed E-state index contributed by atoms with van der Waals surface area (Å²) in [6.07, 6.45) is 8.11. The van der Waals surface area contributed by atoms with Gasteiger partial charge >= 0.3 is 0 Å². The lowest BCUT2D eigenvalue weighted by molar-refractivity contribution is 0.237. The van der Waals surface area contributed by atoms with Crippen LogP contribution < -0.4 is 4.74 Å². The lowest BCUT2D eigenvalue weighted by Gasteiger charge is -2.08. The van der Waals surface area contributed by atoms with Crippen LogP contribution >= 0.6 is 0 Å². The van der Waals surface area contributed by atoms with Crippen molar-refractivity contribution < 1.29 is 9.47 Å². The number of allylic oxidation sites excluding steroid dienone is 1. The van der Waals surface area contributed by atoms with Crippen LogP contribution in [0.4, 0.5) is 0 Å². The van der Waals surface area contributed by atoms with E-state index < -0.39 is 0 Å². The van der Waals surface area contributed by atoms with Gasteiger partial charge < -0.3 is 9.47 Å². The summed E-state index contributed by atoms with van der Waals surface area (Å²) in [5, 5.41) is 8.84. The first-order valence-corrected chi connectivity index (χ1v) is 8.79. The second kappa shape index (κ2) is 10.9. The first kappa shape index (κ1) is 18.6. The third-order valence-corrected chi connectivity index (χ3v) is 3.86. The van der Waals surface area contributed by atoms with Crippen molar-refractivity contribution in [1.82, 2.24) is 0 Å². The van der Waals surface area contributed by atoms with Crippen LogP contribution in [0.25, 0.3) is 11.1 Å². The molecule has 0 heterocycles. The Hall–Kier alpha value is -2.73. The summed E-state index contributed by atoms with van der Waals surface area (Å²) in [6.45, 7) is 3.49. The second-order valence-electron chi connectivity index (χ2n) is 5.82. The van der Waals surface area contributed by atoms with Crippen LogP contribution in [0, 0.1) is 11.3 Å². The fourth-order valence-electron chi connectivity index (χ4n) is 2.48. The minimum atomic E-state index is 0.678. The predicted octanol–water partition coefficient (Wildman–Crippen LogP) is 5.71. The smallest absolute Gasteiger partial charge is 0.119 e. The van der Waals surface area contributed by atoms with E-state index in [-0.39, 0.29) is 0 Å². The summed E-state index contributed by atoms with van der Waals surface area (Å²) in [5.41, 5.74) is 2.90. The van der Waals surface area contributed by atoms with Gasteiger partial charge in [-0.1, -0.05) is 30.3 Å². The molecule has 0 aliphatic rings. The highest BCUT2D eigenvalue weighted by Crippen LogP contribution is 2.23. The molecular formula is C22H25NO2. The summed E-state index contributed by atoms with van der Waals surface area (Å²) in [6, 6.07) is 17.8. The molecule has 0 saturated carbocycles. The zero-order chi connectivity index (χ0) is 17.7. The Morgan fingerprint density at radius 1 is 0.840 bits per heavy atom. The van der Waals surface area contributed by atoms with E-state index in [0.29, 0.717) is 5.56 Å². The summed E-state index contributed by atoms with van der Waals surface area (Å²) < 4.78 is 11.1. The van der Waals surface area contributed by atoms with Gasteiger partial charge in [0.1, 0.15) is 5.75 Å². The van der Waals surface area contributed by atoms with Gasteiger partial charge in [-0.25, -0.2) is 0 Å². The largest absolute Gasteiger partial charge is 0.502 e. The molecule has 0 aliphatic heterocycles. The van der Waals surface area contributed by atoms with Crippen molar-refractivity contribution in [2.45, 2.75) is 32.6 Å². The van der Waals surface area contributed by atoms with Crippen LogP contribution in [0.1, 0.15) is 38.2 Å². The van der Waals surface area contributed by atoms with Crippen molar-refractivity contribution in [3.05, 3.63) is 66.4 Å². The Kier molecular flexibility index (Phi) is 8.14. The second-order valence-corrected chi connectivity index (χ2v) is 5.82. The SMILES string of the molecule is CC=COCCCCCCOc1ccc(-c2ccc(C#N)cc2)cc1. The maximum Gasteiger partial charge on any atom is 0.119 e. The molecule has 0 radical (unpaired) electrons. The average Bonchev–Trinajstić information content (AvgIpc) is 2.67. The van der Waals surface area contributed by atoms with E-state index >= 15 is 0 Å². The maximum atomic E-state index is 8.84. The van der Waals surface area contributed by atoms with Gasteiger partial charge in [0.05, 0.1) is 31.1 Å². The van der Waals surface area contributed by atoms with Gasteiger partial charge in [-0.15, -0.1) is 0 Å². The number of hydrogen-bond donors (Lipinski definition) is 0. The number of nitrogens with zero attached hydrogens (tertiary/aromatic N) is 1. The Labute approximate surface area is 150 Å². The van der Waals surface area contributed by atoms with Crippen molar-refractivity contribution in [2.24, 2.45) is 0 Å². The van der Waals surface area contributed by atoms with Crippen LogP contribution in [-0.4, -0.2) is 13.2 Å². The van der Waals surface area contributed by atoms with E-state index in [1.54, 1.807) is 6.26 Å². The normalized spacial score (nSPS) is 10.6. The number of unbranched alkanes of at least 4 members (excludes halogenated alkanes) is 3. The summed E-state index contributed by atoms with van der Waals surface area (Å²) in [5.74, 6) is 0.897.